The highest BCUT2D eigenvalue weighted by atomic mass is 16.1. The number of carbonyl (C=O) groups is 1. The minimum absolute atomic E-state index is 0.552. The molecule has 0 amide bonds. The molecular weight excluding hydrogens is 200 g/mol. The minimum Gasteiger partial charge on any atom is -0.360 e. The predicted molar refractivity (Wildman–Crippen MR) is 64.2 cm³/mol. The molecule has 2 aromatic rings. The summed E-state index contributed by atoms with van der Waals surface area (Å²) in [5, 5.41) is 0.891. The van der Waals surface area contributed by atoms with E-state index in [1.54, 1.807) is 6.20 Å². The van der Waals surface area contributed by atoms with Crippen LogP contribution in [0.4, 0.5) is 0 Å². The Hall–Kier alpha value is -2.05. The molecule has 80 valence electrons. The second-order valence-corrected chi connectivity index (χ2v) is 3.43. The van der Waals surface area contributed by atoms with E-state index in [4.69, 9.17) is 5.73 Å². The number of H-pyrrole nitrogens is 1. The van der Waals surface area contributed by atoms with Gasteiger partial charge < -0.3 is 10.7 Å². The van der Waals surface area contributed by atoms with Crippen LogP contribution in [0.15, 0.2) is 24.4 Å². The van der Waals surface area contributed by atoms with E-state index in [1.165, 1.54) is 0 Å². The molecule has 0 atom stereocenters. The van der Waals surface area contributed by atoms with Crippen LogP contribution in [-0.2, 0) is 0 Å². The maximum Gasteiger partial charge on any atom is 0.152 e. The number of hydrogen-bond acceptors (Lipinski definition) is 2. The molecule has 0 fully saturated rings. The highest BCUT2D eigenvalue weighted by Crippen LogP contribution is 2.20. The number of benzene rings is 1. The maximum atomic E-state index is 10.9. The van der Waals surface area contributed by atoms with Crippen molar-refractivity contribution < 1.29 is 4.79 Å². The van der Waals surface area contributed by atoms with Crippen LogP contribution >= 0.6 is 0 Å². The van der Waals surface area contributed by atoms with Crippen molar-refractivity contribution in [1.29, 1.82) is 0 Å². The molecule has 0 spiro atoms. The number of nitrogens with two attached hydrogens (primary N) is 1. The number of rotatable bonds is 2. The molecule has 3 nitrogen and oxygen atoms in total. The maximum absolute atomic E-state index is 10.9. The number of aromatic nitrogens is 1. The Kier molecular flexibility index (Phi) is 3.04. The number of aldehydes is 1. The summed E-state index contributed by atoms with van der Waals surface area (Å²) in [4.78, 5) is 13.9. The Labute approximate surface area is 93.6 Å². The zero-order valence-corrected chi connectivity index (χ0v) is 8.79. The summed E-state index contributed by atoms with van der Waals surface area (Å²) in [5.41, 5.74) is 7.82. The van der Waals surface area contributed by atoms with E-state index < -0.39 is 0 Å². The lowest BCUT2D eigenvalue weighted by atomic mass is 10.1. The Morgan fingerprint density at radius 3 is 3.06 bits per heavy atom. The summed E-state index contributed by atoms with van der Waals surface area (Å²) in [6.45, 7) is 0.552. The molecular formula is C13H12N2O. The van der Waals surface area contributed by atoms with Crippen molar-refractivity contribution in [3.8, 4) is 11.8 Å². The zero-order chi connectivity index (χ0) is 11.4. The number of fused-ring (bicyclic) bond motifs is 1. The fourth-order valence-electron chi connectivity index (χ4n) is 1.64. The first-order chi connectivity index (χ1) is 7.86. The Balaban J connectivity index is 2.56. The van der Waals surface area contributed by atoms with E-state index in [9.17, 15) is 4.79 Å². The number of hydrogen-bond donors (Lipinski definition) is 2. The SMILES string of the molecule is NCCC#Cc1cccc2[nH]cc(C=O)c12. The predicted octanol–water partition coefficient (Wildman–Crippen LogP) is 1.68. The van der Waals surface area contributed by atoms with Gasteiger partial charge in [0.1, 0.15) is 0 Å². The number of carbonyl (C=O) groups excluding carboxylic acids is 1. The van der Waals surface area contributed by atoms with Gasteiger partial charge in [0.05, 0.1) is 0 Å². The molecule has 1 aromatic heterocycles. The van der Waals surface area contributed by atoms with Crippen molar-refractivity contribution in [2.75, 3.05) is 6.54 Å². The van der Waals surface area contributed by atoms with Crippen LogP contribution in [0.2, 0.25) is 0 Å². The van der Waals surface area contributed by atoms with E-state index in [-0.39, 0.29) is 0 Å². The second-order valence-electron chi connectivity index (χ2n) is 3.43. The van der Waals surface area contributed by atoms with Gasteiger partial charge in [0.15, 0.2) is 6.29 Å². The third-order valence-electron chi connectivity index (χ3n) is 2.36. The molecule has 2 rings (SSSR count). The van der Waals surface area contributed by atoms with E-state index in [1.807, 2.05) is 18.2 Å². The van der Waals surface area contributed by atoms with Crippen LogP contribution in [-0.4, -0.2) is 17.8 Å². The van der Waals surface area contributed by atoms with Crippen molar-refractivity contribution in [1.82, 2.24) is 4.98 Å². The lowest BCUT2D eigenvalue weighted by Crippen LogP contribution is -1.95. The van der Waals surface area contributed by atoms with Crippen LogP contribution in [0.3, 0.4) is 0 Å². The number of nitrogens with one attached hydrogen (secondary N) is 1. The third-order valence-corrected chi connectivity index (χ3v) is 2.36. The highest BCUT2D eigenvalue weighted by Gasteiger charge is 2.05. The van der Waals surface area contributed by atoms with Crippen molar-refractivity contribution in [2.24, 2.45) is 5.73 Å². The summed E-state index contributed by atoms with van der Waals surface area (Å²) in [7, 11) is 0. The Bertz CT molecular complexity index is 572. The van der Waals surface area contributed by atoms with Crippen LogP contribution in [0.1, 0.15) is 22.3 Å². The van der Waals surface area contributed by atoms with Gasteiger partial charge in [-0.15, -0.1) is 0 Å². The molecule has 0 radical (unpaired) electrons. The molecule has 16 heavy (non-hydrogen) atoms. The zero-order valence-electron chi connectivity index (χ0n) is 8.79. The largest absolute Gasteiger partial charge is 0.360 e. The van der Waals surface area contributed by atoms with Crippen LogP contribution in [0, 0.1) is 11.8 Å². The molecule has 3 heteroatoms. The van der Waals surface area contributed by atoms with Gasteiger partial charge in [0.25, 0.3) is 0 Å². The van der Waals surface area contributed by atoms with Crippen LogP contribution < -0.4 is 5.73 Å². The van der Waals surface area contributed by atoms with Crippen LogP contribution in [0.25, 0.3) is 10.9 Å². The summed E-state index contributed by atoms with van der Waals surface area (Å²) in [6, 6.07) is 5.75. The van der Waals surface area contributed by atoms with Gasteiger partial charge in [-0.1, -0.05) is 17.9 Å². The average molecular weight is 212 g/mol. The smallest absolute Gasteiger partial charge is 0.152 e. The van der Waals surface area contributed by atoms with Crippen LogP contribution in [0.5, 0.6) is 0 Å². The molecule has 3 N–H and O–H groups in total. The standard InChI is InChI=1S/C13H12N2O/c14-7-2-1-4-10-5-3-6-12-13(10)11(9-16)8-15-12/h3,5-6,8-9,15H,2,7,14H2. The normalized spacial score (nSPS) is 9.81. The van der Waals surface area contributed by atoms with E-state index in [0.717, 1.165) is 22.8 Å². The molecule has 0 aliphatic rings. The average Bonchev–Trinajstić information content (AvgIpc) is 2.73. The molecule has 0 aliphatic heterocycles. The first-order valence-corrected chi connectivity index (χ1v) is 5.11. The van der Waals surface area contributed by atoms with E-state index >= 15 is 0 Å². The van der Waals surface area contributed by atoms with Gasteiger partial charge in [-0.05, 0) is 12.1 Å². The van der Waals surface area contributed by atoms with Gasteiger partial charge in [-0.25, -0.2) is 0 Å². The van der Waals surface area contributed by atoms with E-state index in [2.05, 4.69) is 16.8 Å². The van der Waals surface area contributed by atoms with Crippen molar-refractivity contribution in [3.05, 3.63) is 35.5 Å². The Morgan fingerprint density at radius 2 is 2.31 bits per heavy atom. The van der Waals surface area contributed by atoms with Crippen molar-refractivity contribution in [2.45, 2.75) is 6.42 Å². The van der Waals surface area contributed by atoms with Crippen molar-refractivity contribution >= 4 is 17.2 Å². The summed E-state index contributed by atoms with van der Waals surface area (Å²) >= 11 is 0. The first-order valence-electron chi connectivity index (χ1n) is 5.11. The summed E-state index contributed by atoms with van der Waals surface area (Å²) < 4.78 is 0. The first kappa shape index (κ1) is 10.5. The summed E-state index contributed by atoms with van der Waals surface area (Å²) in [6.07, 6.45) is 3.20. The second kappa shape index (κ2) is 4.65. The van der Waals surface area contributed by atoms with Gasteiger partial charge in [-0.2, -0.15) is 0 Å². The fourth-order valence-corrected chi connectivity index (χ4v) is 1.64. The van der Waals surface area contributed by atoms with Gasteiger partial charge >= 0.3 is 0 Å². The van der Waals surface area contributed by atoms with Crippen molar-refractivity contribution in [3.63, 3.8) is 0 Å². The molecule has 0 unspecified atom stereocenters. The lowest BCUT2D eigenvalue weighted by molar-refractivity contribution is 0.112. The van der Waals surface area contributed by atoms with E-state index in [0.29, 0.717) is 18.5 Å². The van der Waals surface area contributed by atoms with Gasteiger partial charge in [0.2, 0.25) is 0 Å². The number of aromatic amines is 1. The fraction of sp³-hybridized carbons (Fsp3) is 0.154. The third kappa shape index (κ3) is 1.83. The summed E-state index contributed by atoms with van der Waals surface area (Å²) in [5.74, 6) is 6.02. The topological polar surface area (TPSA) is 58.9 Å². The van der Waals surface area contributed by atoms with Gasteiger partial charge in [-0.3, -0.25) is 4.79 Å². The molecule has 1 heterocycles. The molecule has 0 bridgehead atoms. The molecule has 0 aliphatic carbocycles. The molecule has 0 saturated heterocycles. The quantitative estimate of drug-likeness (QED) is 0.587. The highest BCUT2D eigenvalue weighted by molar-refractivity contribution is 6.00. The molecule has 1 aromatic carbocycles. The van der Waals surface area contributed by atoms with Gasteiger partial charge in [0, 0.05) is 41.2 Å². The lowest BCUT2D eigenvalue weighted by Gasteiger charge is -1.95. The monoisotopic (exact) mass is 212 g/mol. The molecule has 0 saturated carbocycles. The minimum atomic E-state index is 0.552. The Morgan fingerprint density at radius 1 is 1.44 bits per heavy atom.